The van der Waals surface area contributed by atoms with Gasteiger partial charge in [-0.05, 0) is 25.5 Å². The van der Waals surface area contributed by atoms with Gasteiger partial charge in [-0.1, -0.05) is 0 Å². The molecule has 0 fully saturated rings. The number of urea groups is 1. The summed E-state index contributed by atoms with van der Waals surface area (Å²) in [6.45, 7) is 2.34. The maximum atomic E-state index is 11.4. The molecule has 0 saturated carbocycles. The average Bonchev–Trinajstić information content (AvgIpc) is 2.72. The molecule has 1 heterocycles. The highest BCUT2D eigenvalue weighted by Gasteiger charge is 2.08. The highest BCUT2D eigenvalue weighted by Crippen LogP contribution is 2.14. The lowest BCUT2D eigenvalue weighted by molar-refractivity contribution is -0.137. The Morgan fingerprint density at radius 2 is 2.00 bits per heavy atom. The molecule has 1 rings (SSSR count). The molecule has 1 aromatic heterocycles. The van der Waals surface area contributed by atoms with Crippen molar-refractivity contribution in [3.05, 3.63) is 21.9 Å². The third-order valence-electron chi connectivity index (χ3n) is 2.27. The molecule has 0 aliphatic carbocycles. The van der Waals surface area contributed by atoms with Crippen molar-refractivity contribution >= 4 is 29.2 Å². The van der Waals surface area contributed by atoms with Gasteiger partial charge in [0.1, 0.15) is 0 Å². The van der Waals surface area contributed by atoms with Gasteiger partial charge in [0.05, 0.1) is 6.54 Å². The van der Waals surface area contributed by atoms with E-state index in [0.29, 0.717) is 6.54 Å². The Bertz CT molecular complexity index is 470. The SMILES string of the molecule is Cc1ccc(CNC(=O)NC(=O)CCCC(=O)O)s1. The van der Waals surface area contributed by atoms with Crippen LogP contribution in [0.15, 0.2) is 12.1 Å². The quantitative estimate of drug-likeness (QED) is 0.740. The van der Waals surface area contributed by atoms with Gasteiger partial charge >= 0.3 is 12.0 Å². The van der Waals surface area contributed by atoms with Crippen LogP contribution in [0.1, 0.15) is 29.0 Å². The first kappa shape index (κ1) is 15.2. The molecule has 19 heavy (non-hydrogen) atoms. The second-order valence-electron chi connectivity index (χ2n) is 3.99. The Morgan fingerprint density at radius 3 is 2.58 bits per heavy atom. The number of imide groups is 1. The maximum Gasteiger partial charge on any atom is 0.321 e. The Hall–Kier alpha value is -1.89. The summed E-state index contributed by atoms with van der Waals surface area (Å²) < 4.78 is 0. The predicted molar refractivity (Wildman–Crippen MR) is 70.9 cm³/mol. The van der Waals surface area contributed by atoms with Crippen molar-refractivity contribution in [1.82, 2.24) is 10.6 Å². The summed E-state index contributed by atoms with van der Waals surface area (Å²) in [5.74, 6) is -1.42. The van der Waals surface area contributed by atoms with E-state index in [9.17, 15) is 14.4 Å². The van der Waals surface area contributed by atoms with Crippen LogP contribution in [-0.4, -0.2) is 23.0 Å². The first-order valence-corrected chi connectivity index (χ1v) is 6.64. The second-order valence-corrected chi connectivity index (χ2v) is 5.36. The smallest absolute Gasteiger partial charge is 0.321 e. The number of carboxylic acids is 1. The summed E-state index contributed by atoms with van der Waals surface area (Å²) in [7, 11) is 0. The summed E-state index contributed by atoms with van der Waals surface area (Å²) in [4.78, 5) is 35.1. The molecule has 3 N–H and O–H groups in total. The number of amides is 3. The van der Waals surface area contributed by atoms with E-state index in [1.807, 2.05) is 19.1 Å². The Kier molecular flexibility index (Phi) is 6.01. The van der Waals surface area contributed by atoms with E-state index in [1.165, 1.54) is 0 Å². The molecule has 0 spiro atoms. The second kappa shape index (κ2) is 7.52. The number of carboxylic acid groups (broad SMARTS) is 1. The number of thiophene rings is 1. The van der Waals surface area contributed by atoms with E-state index in [2.05, 4.69) is 10.6 Å². The molecule has 6 nitrogen and oxygen atoms in total. The van der Waals surface area contributed by atoms with Crippen molar-refractivity contribution < 1.29 is 19.5 Å². The van der Waals surface area contributed by atoms with Crippen LogP contribution in [0.25, 0.3) is 0 Å². The molecule has 0 saturated heterocycles. The summed E-state index contributed by atoms with van der Waals surface area (Å²) in [6.07, 6.45) is 0.167. The largest absolute Gasteiger partial charge is 0.481 e. The molecule has 104 valence electrons. The number of rotatable bonds is 6. The zero-order valence-corrected chi connectivity index (χ0v) is 11.4. The van der Waals surface area contributed by atoms with Crippen molar-refractivity contribution in [3.8, 4) is 0 Å². The topological polar surface area (TPSA) is 95.5 Å². The molecule has 0 bridgehead atoms. The van der Waals surface area contributed by atoms with Gasteiger partial charge in [0.15, 0.2) is 0 Å². The average molecular weight is 284 g/mol. The van der Waals surface area contributed by atoms with Crippen LogP contribution < -0.4 is 10.6 Å². The lowest BCUT2D eigenvalue weighted by Gasteiger charge is -2.05. The van der Waals surface area contributed by atoms with Gasteiger partial charge in [-0.15, -0.1) is 11.3 Å². The third kappa shape index (κ3) is 6.56. The summed E-state index contributed by atoms with van der Waals surface area (Å²) >= 11 is 1.57. The number of hydrogen-bond acceptors (Lipinski definition) is 4. The number of carbonyl (C=O) groups excluding carboxylic acids is 2. The molecule has 1 aromatic rings. The van der Waals surface area contributed by atoms with Gasteiger partial charge < -0.3 is 10.4 Å². The van der Waals surface area contributed by atoms with Crippen molar-refractivity contribution in [1.29, 1.82) is 0 Å². The number of aryl methyl sites for hydroxylation is 1. The predicted octanol–water partition coefficient (Wildman–Crippen LogP) is 1.64. The fraction of sp³-hybridized carbons (Fsp3) is 0.417. The van der Waals surface area contributed by atoms with Crippen LogP contribution in [0.2, 0.25) is 0 Å². The lowest BCUT2D eigenvalue weighted by atomic mass is 10.2. The highest BCUT2D eigenvalue weighted by atomic mass is 32.1. The van der Waals surface area contributed by atoms with Crippen LogP contribution in [-0.2, 0) is 16.1 Å². The van der Waals surface area contributed by atoms with Gasteiger partial charge in [0.2, 0.25) is 5.91 Å². The number of hydrogen-bond donors (Lipinski definition) is 3. The first-order valence-electron chi connectivity index (χ1n) is 5.82. The molecule has 0 atom stereocenters. The summed E-state index contributed by atoms with van der Waals surface area (Å²) in [6, 6.07) is 3.30. The van der Waals surface area contributed by atoms with Crippen LogP contribution in [0.5, 0.6) is 0 Å². The monoisotopic (exact) mass is 284 g/mol. The summed E-state index contributed by atoms with van der Waals surface area (Å²) in [5.41, 5.74) is 0. The minimum absolute atomic E-state index is 0.0256. The minimum atomic E-state index is -0.953. The number of nitrogens with one attached hydrogen (secondary N) is 2. The fourth-order valence-electron chi connectivity index (χ4n) is 1.38. The zero-order chi connectivity index (χ0) is 14.3. The fourth-order valence-corrected chi connectivity index (χ4v) is 2.21. The van der Waals surface area contributed by atoms with Crippen molar-refractivity contribution in [2.45, 2.75) is 32.7 Å². The first-order chi connectivity index (χ1) is 8.97. The van der Waals surface area contributed by atoms with E-state index in [4.69, 9.17) is 5.11 Å². The standard InChI is InChI=1S/C12H16N2O4S/c1-8-5-6-9(19-8)7-13-12(18)14-10(15)3-2-4-11(16)17/h5-6H,2-4,7H2,1H3,(H,16,17)(H2,13,14,15,18). The summed E-state index contributed by atoms with van der Waals surface area (Å²) in [5, 5.41) is 13.1. The van der Waals surface area contributed by atoms with E-state index < -0.39 is 17.9 Å². The lowest BCUT2D eigenvalue weighted by Crippen LogP contribution is -2.38. The molecule has 0 unspecified atom stereocenters. The molecular weight excluding hydrogens is 268 g/mol. The normalized spacial score (nSPS) is 9.95. The van der Waals surface area contributed by atoms with Crippen LogP contribution >= 0.6 is 11.3 Å². The number of carbonyl (C=O) groups is 3. The van der Waals surface area contributed by atoms with Crippen LogP contribution in [0, 0.1) is 6.92 Å². The van der Waals surface area contributed by atoms with E-state index in [1.54, 1.807) is 11.3 Å². The zero-order valence-electron chi connectivity index (χ0n) is 10.6. The van der Waals surface area contributed by atoms with Gasteiger partial charge in [-0.3, -0.25) is 14.9 Å². The van der Waals surface area contributed by atoms with Crippen molar-refractivity contribution in [3.63, 3.8) is 0 Å². The third-order valence-corrected chi connectivity index (χ3v) is 3.27. The molecule has 0 aromatic carbocycles. The van der Waals surface area contributed by atoms with E-state index >= 15 is 0 Å². The van der Waals surface area contributed by atoms with Gasteiger partial charge in [-0.2, -0.15) is 0 Å². The molecule has 3 amide bonds. The Labute approximate surface area is 114 Å². The molecular formula is C12H16N2O4S. The molecule has 0 aliphatic heterocycles. The van der Waals surface area contributed by atoms with E-state index in [-0.39, 0.29) is 19.3 Å². The van der Waals surface area contributed by atoms with Crippen molar-refractivity contribution in [2.75, 3.05) is 0 Å². The molecule has 7 heteroatoms. The Morgan fingerprint density at radius 1 is 1.26 bits per heavy atom. The van der Waals surface area contributed by atoms with Gasteiger partial charge in [0.25, 0.3) is 0 Å². The Balaban J connectivity index is 2.19. The van der Waals surface area contributed by atoms with Crippen LogP contribution in [0.4, 0.5) is 4.79 Å². The van der Waals surface area contributed by atoms with Crippen molar-refractivity contribution in [2.24, 2.45) is 0 Å². The minimum Gasteiger partial charge on any atom is -0.481 e. The molecule has 0 aliphatic rings. The van der Waals surface area contributed by atoms with Gasteiger partial charge in [0, 0.05) is 22.6 Å². The van der Waals surface area contributed by atoms with Gasteiger partial charge in [-0.25, -0.2) is 4.79 Å². The van der Waals surface area contributed by atoms with E-state index in [0.717, 1.165) is 9.75 Å². The number of aliphatic carboxylic acids is 1. The highest BCUT2D eigenvalue weighted by molar-refractivity contribution is 7.11. The maximum absolute atomic E-state index is 11.4. The van der Waals surface area contributed by atoms with Crippen LogP contribution in [0.3, 0.4) is 0 Å². The molecule has 0 radical (unpaired) electrons.